The molecule has 0 saturated heterocycles. The van der Waals surface area contributed by atoms with Crippen molar-refractivity contribution in [3.63, 3.8) is 0 Å². The molecule has 0 fully saturated rings. The Morgan fingerprint density at radius 3 is 2.70 bits per heavy atom. The van der Waals surface area contributed by atoms with Crippen LogP contribution in [0.5, 0.6) is 0 Å². The van der Waals surface area contributed by atoms with E-state index in [0.717, 1.165) is 16.4 Å². The first-order valence-corrected chi connectivity index (χ1v) is 8.93. The number of carbonyl (C=O) groups is 1. The van der Waals surface area contributed by atoms with Crippen LogP contribution in [0.2, 0.25) is 0 Å². The Balaban J connectivity index is 2.42. The predicted octanol–water partition coefficient (Wildman–Crippen LogP) is 2.54. The Hall–Kier alpha value is -0.910. The van der Waals surface area contributed by atoms with Gasteiger partial charge < -0.3 is 10.4 Å². The van der Waals surface area contributed by atoms with Gasteiger partial charge in [-0.1, -0.05) is 29.8 Å². The maximum atomic E-state index is 11.8. The second kappa shape index (κ2) is 9.91. The number of hydrogen-bond acceptors (Lipinski definition) is 4. The Labute approximate surface area is 129 Å². The summed E-state index contributed by atoms with van der Waals surface area (Å²) in [7, 11) is 0. The molecule has 0 aliphatic carbocycles. The van der Waals surface area contributed by atoms with Gasteiger partial charge in [0.1, 0.15) is 0 Å². The molecule has 1 unspecified atom stereocenters. The molecular weight excluding hydrogens is 290 g/mol. The van der Waals surface area contributed by atoms with Gasteiger partial charge in [0.05, 0.1) is 12.6 Å². The minimum absolute atomic E-state index is 0.0362. The summed E-state index contributed by atoms with van der Waals surface area (Å²) in [6.07, 6.45) is 5.31. The quantitative estimate of drug-likeness (QED) is 0.440. The van der Waals surface area contributed by atoms with Crippen LogP contribution in [0.3, 0.4) is 0 Å². The van der Waals surface area contributed by atoms with Gasteiger partial charge in [-0.3, -0.25) is 4.79 Å². The molecule has 0 saturated carbocycles. The van der Waals surface area contributed by atoms with Crippen molar-refractivity contribution in [3.05, 3.63) is 41.5 Å². The molecule has 0 bridgehead atoms. The maximum absolute atomic E-state index is 11.8. The van der Waals surface area contributed by atoms with E-state index in [0.29, 0.717) is 0 Å². The predicted molar refractivity (Wildman–Crippen MR) is 90.1 cm³/mol. The number of aliphatic hydroxyl groups is 1. The molecule has 1 amide bonds. The summed E-state index contributed by atoms with van der Waals surface area (Å²) in [6.45, 7) is 1.99. The lowest BCUT2D eigenvalue weighted by Gasteiger charge is -2.14. The van der Waals surface area contributed by atoms with Crippen molar-refractivity contribution in [2.24, 2.45) is 0 Å². The van der Waals surface area contributed by atoms with Crippen LogP contribution in [-0.2, 0) is 4.79 Å². The van der Waals surface area contributed by atoms with Gasteiger partial charge in [0.25, 0.3) is 0 Å². The molecule has 1 aromatic carbocycles. The largest absolute Gasteiger partial charge is 0.394 e. The topological polar surface area (TPSA) is 49.3 Å². The summed E-state index contributed by atoms with van der Waals surface area (Å²) in [5.74, 6) is 0.552. The highest BCUT2D eigenvalue weighted by Crippen LogP contribution is 2.10. The molecule has 0 spiro atoms. The average Bonchev–Trinajstić information content (AvgIpc) is 2.46. The van der Waals surface area contributed by atoms with Crippen LogP contribution in [0.15, 0.2) is 30.3 Å². The fourth-order valence-corrected chi connectivity index (χ4v) is 3.04. The Morgan fingerprint density at radius 2 is 2.10 bits per heavy atom. The van der Waals surface area contributed by atoms with Crippen molar-refractivity contribution in [1.29, 1.82) is 0 Å². The molecule has 0 aromatic heterocycles. The van der Waals surface area contributed by atoms with Crippen LogP contribution in [-0.4, -0.2) is 40.8 Å². The molecule has 20 heavy (non-hydrogen) atoms. The number of aryl methyl sites for hydroxylation is 1. The van der Waals surface area contributed by atoms with E-state index in [2.05, 4.69) is 5.32 Å². The summed E-state index contributed by atoms with van der Waals surface area (Å²) < 4.78 is 0. The highest BCUT2D eigenvalue weighted by Gasteiger charge is 2.09. The lowest BCUT2D eigenvalue weighted by atomic mass is 10.1. The molecule has 0 aliphatic heterocycles. The lowest BCUT2D eigenvalue weighted by Crippen LogP contribution is -2.38. The molecule has 0 radical (unpaired) electrons. The van der Waals surface area contributed by atoms with Crippen molar-refractivity contribution >= 4 is 35.5 Å². The third-order valence-corrected chi connectivity index (χ3v) is 4.84. The lowest BCUT2D eigenvalue weighted by molar-refractivity contribution is -0.117. The van der Waals surface area contributed by atoms with Gasteiger partial charge in [0, 0.05) is 16.9 Å². The van der Waals surface area contributed by atoms with Crippen molar-refractivity contribution in [1.82, 2.24) is 5.32 Å². The molecule has 0 aliphatic rings. The fourth-order valence-electron chi connectivity index (χ4n) is 1.51. The van der Waals surface area contributed by atoms with E-state index in [1.54, 1.807) is 29.6 Å². The maximum Gasteiger partial charge on any atom is 0.244 e. The highest BCUT2D eigenvalue weighted by atomic mass is 32.2. The summed E-state index contributed by atoms with van der Waals surface area (Å²) >= 11 is 3.44. The highest BCUT2D eigenvalue weighted by molar-refractivity contribution is 8.15. The zero-order valence-electron chi connectivity index (χ0n) is 11.8. The molecule has 1 atom stereocenters. The van der Waals surface area contributed by atoms with E-state index >= 15 is 0 Å². The third-order valence-electron chi connectivity index (χ3n) is 2.59. The Bertz CT molecular complexity index is 432. The standard InChI is InChI=1S/C15H21NO2S2/c1-12-3-5-13(6-4-12)7-8-15(18)16-14(9-17)10-20-11-19-2/h3-8,14,17H,9-11H2,1-2H3,(H,16,18). The van der Waals surface area contributed by atoms with Crippen molar-refractivity contribution in [2.75, 3.05) is 23.7 Å². The normalized spacial score (nSPS) is 12.6. The smallest absolute Gasteiger partial charge is 0.244 e. The number of thioether (sulfide) groups is 2. The SMILES string of the molecule is CSCSCC(CO)NC(=O)C=Cc1ccc(C)cc1. The van der Waals surface area contributed by atoms with Crippen LogP contribution in [0, 0.1) is 6.92 Å². The summed E-state index contributed by atoms with van der Waals surface area (Å²) in [6, 6.07) is 7.76. The average molecular weight is 311 g/mol. The van der Waals surface area contributed by atoms with Crippen LogP contribution in [0.25, 0.3) is 6.08 Å². The summed E-state index contributed by atoms with van der Waals surface area (Å²) in [5, 5.41) is 13.0. The van der Waals surface area contributed by atoms with Crippen LogP contribution in [0.4, 0.5) is 0 Å². The van der Waals surface area contributed by atoms with Gasteiger partial charge >= 0.3 is 0 Å². The zero-order valence-corrected chi connectivity index (χ0v) is 13.5. The number of hydrogen-bond donors (Lipinski definition) is 2. The van der Waals surface area contributed by atoms with Gasteiger partial charge in [-0.15, -0.1) is 11.8 Å². The summed E-state index contributed by atoms with van der Waals surface area (Å²) in [4.78, 5) is 11.8. The fraction of sp³-hybridized carbons (Fsp3) is 0.400. The monoisotopic (exact) mass is 311 g/mol. The van der Waals surface area contributed by atoms with Gasteiger partial charge in [-0.2, -0.15) is 11.8 Å². The van der Waals surface area contributed by atoms with Gasteiger partial charge in [-0.05, 0) is 24.8 Å². The second-order valence-electron chi connectivity index (χ2n) is 4.41. The minimum Gasteiger partial charge on any atom is -0.394 e. The zero-order chi connectivity index (χ0) is 14.8. The first-order chi connectivity index (χ1) is 9.65. The van der Waals surface area contributed by atoms with Crippen LogP contribution in [0.1, 0.15) is 11.1 Å². The summed E-state index contributed by atoms with van der Waals surface area (Å²) in [5.41, 5.74) is 2.18. The van der Waals surface area contributed by atoms with Gasteiger partial charge in [0.15, 0.2) is 0 Å². The molecular formula is C15H21NO2S2. The van der Waals surface area contributed by atoms with Crippen molar-refractivity contribution in [2.45, 2.75) is 13.0 Å². The van der Waals surface area contributed by atoms with Gasteiger partial charge in [-0.25, -0.2) is 0 Å². The minimum atomic E-state index is -0.192. The van der Waals surface area contributed by atoms with Crippen molar-refractivity contribution in [3.8, 4) is 0 Å². The van der Waals surface area contributed by atoms with E-state index in [-0.39, 0.29) is 18.6 Å². The molecule has 1 aromatic rings. The molecule has 110 valence electrons. The number of nitrogens with one attached hydrogen (secondary N) is 1. The second-order valence-corrected chi connectivity index (χ2v) is 6.67. The molecule has 1 rings (SSSR count). The van der Waals surface area contributed by atoms with E-state index in [1.807, 2.05) is 37.4 Å². The molecule has 3 nitrogen and oxygen atoms in total. The first kappa shape index (κ1) is 17.1. The van der Waals surface area contributed by atoms with E-state index in [4.69, 9.17) is 0 Å². The Kier molecular flexibility index (Phi) is 8.49. The van der Waals surface area contributed by atoms with Crippen molar-refractivity contribution < 1.29 is 9.90 Å². The molecule has 5 heteroatoms. The Morgan fingerprint density at radius 1 is 1.40 bits per heavy atom. The number of rotatable bonds is 8. The van der Waals surface area contributed by atoms with E-state index < -0.39 is 0 Å². The number of amides is 1. The van der Waals surface area contributed by atoms with Crippen LogP contribution >= 0.6 is 23.5 Å². The first-order valence-electron chi connectivity index (χ1n) is 6.38. The number of aliphatic hydroxyl groups excluding tert-OH is 1. The van der Waals surface area contributed by atoms with Gasteiger partial charge in [0.2, 0.25) is 5.91 Å². The van der Waals surface area contributed by atoms with E-state index in [9.17, 15) is 9.90 Å². The molecule has 2 N–H and O–H groups in total. The number of benzene rings is 1. The third kappa shape index (κ3) is 7.03. The van der Waals surface area contributed by atoms with Crippen LogP contribution < -0.4 is 5.32 Å². The van der Waals surface area contributed by atoms with E-state index in [1.165, 1.54) is 11.6 Å². The molecule has 0 heterocycles. The number of carbonyl (C=O) groups excluding carboxylic acids is 1.